The molecule has 0 spiro atoms. The summed E-state index contributed by atoms with van der Waals surface area (Å²) in [6.07, 6.45) is -3.94. The molecule has 2 saturated heterocycles. The lowest BCUT2D eigenvalue weighted by molar-refractivity contribution is -0.194. The number of sulfonamides is 1. The van der Waals surface area contributed by atoms with Crippen molar-refractivity contribution < 1.29 is 35.2 Å². The van der Waals surface area contributed by atoms with Crippen LogP contribution in [0.2, 0.25) is 0 Å². The standard InChI is InChI=1S/C19H17F5N4O3S/c20-18(21)11-4-12(18)9-28(8-11)16-15(5-10(7-26-16)19(22,23)24)17(29)27-13-2-1-3-14(6-13)32(25,30)31/h1-3,5-7,11-12H,4,8-9H2,(H,27,29)(H2,25,30,31). The van der Waals surface area contributed by atoms with E-state index in [4.69, 9.17) is 5.14 Å². The number of fused-ring (bicyclic) bond motifs is 2. The highest BCUT2D eigenvalue weighted by Crippen LogP contribution is 2.53. The number of benzene rings is 1. The first-order valence-corrected chi connectivity index (χ1v) is 11.0. The van der Waals surface area contributed by atoms with Crippen LogP contribution in [0.25, 0.3) is 0 Å². The number of hydrogen-bond donors (Lipinski definition) is 2. The van der Waals surface area contributed by atoms with Gasteiger partial charge < -0.3 is 10.2 Å². The fourth-order valence-corrected chi connectivity index (χ4v) is 4.54. The molecule has 1 aromatic carbocycles. The summed E-state index contributed by atoms with van der Waals surface area (Å²) in [6.45, 7) is -0.300. The summed E-state index contributed by atoms with van der Waals surface area (Å²) >= 11 is 0. The maximum Gasteiger partial charge on any atom is 0.417 e. The molecule has 3 fully saturated rings. The van der Waals surface area contributed by atoms with Gasteiger partial charge in [-0.1, -0.05) is 6.07 Å². The lowest BCUT2D eigenvalue weighted by atomic mass is 9.67. The normalized spacial score (nSPS) is 22.2. The van der Waals surface area contributed by atoms with Gasteiger partial charge in [0.1, 0.15) is 5.82 Å². The monoisotopic (exact) mass is 476 g/mol. The van der Waals surface area contributed by atoms with Gasteiger partial charge in [-0.15, -0.1) is 0 Å². The van der Waals surface area contributed by atoms with E-state index in [0.717, 1.165) is 6.07 Å². The number of anilines is 2. The lowest BCUT2D eigenvalue weighted by Gasteiger charge is -2.53. The Morgan fingerprint density at radius 3 is 2.41 bits per heavy atom. The molecule has 32 heavy (non-hydrogen) atoms. The molecule has 5 rings (SSSR count). The molecule has 0 radical (unpaired) electrons. The first-order valence-electron chi connectivity index (χ1n) is 9.41. The number of carbonyl (C=O) groups excluding carboxylic acids is 1. The van der Waals surface area contributed by atoms with Crippen molar-refractivity contribution in [3.8, 4) is 0 Å². The smallest absolute Gasteiger partial charge is 0.355 e. The van der Waals surface area contributed by atoms with Gasteiger partial charge in [0.15, 0.2) is 0 Å². The maximum absolute atomic E-state index is 13.9. The van der Waals surface area contributed by atoms with E-state index in [1.165, 1.54) is 23.1 Å². The first-order chi connectivity index (χ1) is 14.8. The molecule has 2 aliphatic heterocycles. The van der Waals surface area contributed by atoms with Crippen LogP contribution < -0.4 is 15.4 Å². The summed E-state index contributed by atoms with van der Waals surface area (Å²) in [7, 11) is -4.08. The maximum atomic E-state index is 13.9. The van der Waals surface area contributed by atoms with E-state index in [2.05, 4.69) is 10.3 Å². The number of nitrogens with two attached hydrogens (primary N) is 1. The van der Waals surface area contributed by atoms with Gasteiger partial charge in [0.05, 0.1) is 16.0 Å². The summed E-state index contributed by atoms with van der Waals surface area (Å²) in [5, 5.41) is 7.38. The molecule has 1 amide bonds. The zero-order valence-electron chi connectivity index (χ0n) is 16.2. The number of pyridine rings is 1. The number of carbonyl (C=O) groups is 1. The van der Waals surface area contributed by atoms with Crippen molar-refractivity contribution in [3.63, 3.8) is 0 Å². The molecular formula is C19H17F5N4O3S. The van der Waals surface area contributed by atoms with E-state index in [1.54, 1.807) is 0 Å². The molecule has 1 saturated carbocycles. The third-order valence-corrected chi connectivity index (χ3v) is 6.61. The summed E-state index contributed by atoms with van der Waals surface area (Å²) < 4.78 is 90.5. The molecular weight excluding hydrogens is 459 g/mol. The molecule has 3 heterocycles. The number of primary sulfonamides is 1. The van der Waals surface area contributed by atoms with E-state index in [1.807, 2.05) is 0 Å². The summed E-state index contributed by atoms with van der Waals surface area (Å²) in [5.74, 6) is -5.93. The van der Waals surface area contributed by atoms with Gasteiger partial charge in [0.2, 0.25) is 10.0 Å². The van der Waals surface area contributed by atoms with Crippen LogP contribution in [0.5, 0.6) is 0 Å². The fraction of sp³-hybridized carbons (Fsp3) is 0.368. The third kappa shape index (κ3) is 4.01. The van der Waals surface area contributed by atoms with Crippen LogP contribution in [-0.4, -0.2) is 38.3 Å². The van der Waals surface area contributed by atoms with E-state index in [-0.39, 0.29) is 29.5 Å². The number of piperidine rings is 2. The quantitative estimate of drug-likeness (QED) is 0.660. The number of amides is 1. The van der Waals surface area contributed by atoms with Crippen molar-refractivity contribution in [3.05, 3.63) is 47.7 Å². The Labute approximate surface area is 179 Å². The molecule has 3 N–H and O–H groups in total. The van der Waals surface area contributed by atoms with Crippen LogP contribution in [0.3, 0.4) is 0 Å². The Bertz CT molecular complexity index is 1170. The number of nitrogens with one attached hydrogen (secondary N) is 1. The predicted molar refractivity (Wildman–Crippen MR) is 104 cm³/mol. The highest BCUT2D eigenvalue weighted by Gasteiger charge is 2.61. The largest absolute Gasteiger partial charge is 0.417 e. The van der Waals surface area contributed by atoms with Crippen LogP contribution in [0.4, 0.5) is 33.5 Å². The van der Waals surface area contributed by atoms with Crippen molar-refractivity contribution >= 4 is 27.4 Å². The Morgan fingerprint density at radius 1 is 1.19 bits per heavy atom. The number of hydrogen-bond acceptors (Lipinski definition) is 5. The van der Waals surface area contributed by atoms with Crippen LogP contribution in [0, 0.1) is 11.8 Å². The molecule has 2 atom stereocenters. The van der Waals surface area contributed by atoms with E-state index in [9.17, 15) is 35.2 Å². The third-order valence-electron chi connectivity index (χ3n) is 5.70. The topological polar surface area (TPSA) is 105 Å². The Hall–Kier alpha value is -2.80. The van der Waals surface area contributed by atoms with Crippen LogP contribution in [0.15, 0.2) is 41.4 Å². The molecule has 2 aromatic rings. The number of aromatic nitrogens is 1. The summed E-state index contributed by atoms with van der Waals surface area (Å²) in [5.41, 5.74) is -1.68. The van der Waals surface area contributed by atoms with Gasteiger partial charge >= 0.3 is 6.18 Å². The van der Waals surface area contributed by atoms with Gasteiger partial charge in [-0.2, -0.15) is 13.2 Å². The van der Waals surface area contributed by atoms with E-state index < -0.39 is 51.0 Å². The van der Waals surface area contributed by atoms with Gasteiger partial charge in [0, 0.05) is 36.8 Å². The average Bonchev–Trinajstić information content (AvgIpc) is 2.72. The van der Waals surface area contributed by atoms with Gasteiger partial charge in [-0.05, 0) is 30.7 Å². The SMILES string of the molecule is NS(=O)(=O)c1cccc(NC(=O)c2cc(C(F)(F)F)cnc2N2CC3CC(C2)C3(F)F)c1. The minimum atomic E-state index is -4.79. The van der Waals surface area contributed by atoms with Crippen molar-refractivity contribution in [1.82, 2.24) is 4.98 Å². The highest BCUT2D eigenvalue weighted by atomic mass is 32.2. The minimum Gasteiger partial charge on any atom is -0.355 e. The second-order valence-corrected chi connectivity index (χ2v) is 9.39. The van der Waals surface area contributed by atoms with Gasteiger partial charge in [-0.25, -0.2) is 27.3 Å². The number of halogens is 5. The number of alkyl halides is 5. The minimum absolute atomic E-state index is 0.0297. The van der Waals surface area contributed by atoms with Crippen LogP contribution >= 0.6 is 0 Å². The fourth-order valence-electron chi connectivity index (χ4n) is 3.98. The molecule has 1 aliphatic carbocycles. The molecule has 172 valence electrons. The van der Waals surface area contributed by atoms with E-state index in [0.29, 0.717) is 18.7 Å². The summed E-state index contributed by atoms with van der Waals surface area (Å²) in [4.78, 5) is 17.7. The Morgan fingerprint density at radius 2 is 1.84 bits per heavy atom. The van der Waals surface area contributed by atoms with Crippen molar-refractivity contribution in [2.75, 3.05) is 23.3 Å². The molecule has 1 aromatic heterocycles. The van der Waals surface area contributed by atoms with Crippen LogP contribution in [-0.2, 0) is 16.2 Å². The molecule has 7 nitrogen and oxygen atoms in total. The number of rotatable bonds is 4. The van der Waals surface area contributed by atoms with E-state index >= 15 is 0 Å². The zero-order chi connectivity index (χ0) is 23.5. The van der Waals surface area contributed by atoms with Crippen molar-refractivity contribution in [1.29, 1.82) is 0 Å². The number of nitrogens with zero attached hydrogens (tertiary/aromatic N) is 2. The highest BCUT2D eigenvalue weighted by molar-refractivity contribution is 7.89. The molecule has 2 bridgehead atoms. The second kappa shape index (κ2) is 7.37. The predicted octanol–water partition coefficient (Wildman–Crippen LogP) is 3.09. The van der Waals surface area contributed by atoms with Crippen molar-refractivity contribution in [2.24, 2.45) is 17.0 Å². The lowest BCUT2D eigenvalue weighted by Crippen LogP contribution is -2.63. The average molecular weight is 476 g/mol. The summed E-state index contributed by atoms with van der Waals surface area (Å²) in [6, 6.07) is 5.44. The molecule has 2 unspecified atom stereocenters. The first kappa shape index (κ1) is 22.4. The van der Waals surface area contributed by atoms with Gasteiger partial charge in [-0.3, -0.25) is 4.79 Å². The zero-order valence-corrected chi connectivity index (χ0v) is 17.1. The van der Waals surface area contributed by atoms with Crippen molar-refractivity contribution in [2.45, 2.75) is 23.4 Å². The molecule has 13 heteroatoms. The molecule has 3 aliphatic rings. The Balaban J connectivity index is 1.68. The van der Waals surface area contributed by atoms with Gasteiger partial charge in [0.25, 0.3) is 11.8 Å². The Kier molecular flexibility index (Phi) is 5.16. The van der Waals surface area contributed by atoms with Crippen LogP contribution in [0.1, 0.15) is 22.3 Å². The second-order valence-electron chi connectivity index (χ2n) is 7.83.